The van der Waals surface area contributed by atoms with E-state index < -0.39 is 0 Å². The Balaban J connectivity index is 1.48. The van der Waals surface area contributed by atoms with E-state index >= 15 is 0 Å². The number of nitrogens with zero attached hydrogens (tertiary/aromatic N) is 3. The molecule has 6 aromatic carbocycles. The Morgan fingerprint density at radius 2 is 1.29 bits per heavy atom. The Bertz CT molecular complexity index is 2530. The number of aromatic nitrogens is 3. The highest BCUT2D eigenvalue weighted by atomic mass is 32.1. The molecule has 0 aliphatic rings. The van der Waals surface area contributed by atoms with E-state index in [1.54, 1.807) is 0 Å². The molecule has 198 valence electrons. The van der Waals surface area contributed by atoms with Gasteiger partial charge >= 0.3 is 0 Å². The Hall–Kier alpha value is -5.06. The predicted octanol–water partition coefficient (Wildman–Crippen LogP) is 10.5. The quantitative estimate of drug-likeness (QED) is 0.212. The van der Waals surface area contributed by atoms with Gasteiger partial charge in [0.2, 0.25) is 5.95 Å². The number of para-hydroxylation sites is 2. The fourth-order valence-electron chi connectivity index (χ4n) is 6.74. The van der Waals surface area contributed by atoms with Crippen LogP contribution in [0.3, 0.4) is 0 Å². The molecule has 0 aliphatic heterocycles. The molecule has 0 radical (unpaired) electrons. The van der Waals surface area contributed by atoms with E-state index in [9.17, 15) is 0 Å². The first-order valence-corrected chi connectivity index (χ1v) is 15.1. The Kier molecular flexibility index (Phi) is 4.90. The van der Waals surface area contributed by atoms with Crippen LogP contribution in [0.15, 0.2) is 115 Å². The second-order valence-corrected chi connectivity index (χ2v) is 12.3. The summed E-state index contributed by atoms with van der Waals surface area (Å²) < 4.78 is 4.91. The summed E-state index contributed by atoms with van der Waals surface area (Å²) in [5.41, 5.74) is 7.74. The van der Waals surface area contributed by atoms with Crippen molar-refractivity contribution in [3.05, 3.63) is 126 Å². The van der Waals surface area contributed by atoms with E-state index in [1.807, 2.05) is 11.3 Å². The lowest BCUT2D eigenvalue weighted by Gasteiger charge is -2.13. The lowest BCUT2D eigenvalue weighted by molar-refractivity contribution is 1.02. The molecular weight excluding hydrogens is 531 g/mol. The van der Waals surface area contributed by atoms with Crippen LogP contribution in [0.5, 0.6) is 0 Å². The minimum absolute atomic E-state index is 0.694. The molecule has 0 saturated carbocycles. The predicted molar refractivity (Wildman–Crippen MR) is 179 cm³/mol. The van der Waals surface area contributed by atoms with E-state index in [-0.39, 0.29) is 0 Å². The minimum Gasteiger partial charge on any atom is -0.277 e. The molecule has 3 aromatic heterocycles. The van der Waals surface area contributed by atoms with Gasteiger partial charge in [0.25, 0.3) is 0 Å². The van der Waals surface area contributed by atoms with Gasteiger partial charge in [-0.2, -0.15) is 0 Å². The third-order valence-corrected chi connectivity index (χ3v) is 9.65. The van der Waals surface area contributed by atoms with Crippen molar-refractivity contribution in [1.82, 2.24) is 14.5 Å². The topological polar surface area (TPSA) is 30.7 Å². The van der Waals surface area contributed by atoms with Crippen LogP contribution in [-0.4, -0.2) is 14.5 Å². The van der Waals surface area contributed by atoms with E-state index in [0.717, 1.165) is 33.2 Å². The molecule has 0 atom stereocenters. The first-order chi connectivity index (χ1) is 20.6. The lowest BCUT2D eigenvalue weighted by atomic mass is 10.0. The summed E-state index contributed by atoms with van der Waals surface area (Å²) in [6.45, 7) is 4.30. The molecule has 0 fully saturated rings. The Labute approximate surface area is 246 Å². The molecule has 0 unspecified atom stereocenters. The van der Waals surface area contributed by atoms with Gasteiger partial charge in [0.15, 0.2) is 0 Å². The Morgan fingerprint density at radius 3 is 2.12 bits per heavy atom. The molecule has 4 heteroatoms. The van der Waals surface area contributed by atoms with E-state index in [4.69, 9.17) is 9.97 Å². The summed E-state index contributed by atoms with van der Waals surface area (Å²) in [4.78, 5) is 10.6. The highest BCUT2D eigenvalue weighted by Gasteiger charge is 2.21. The average Bonchev–Trinajstić information content (AvgIpc) is 3.56. The van der Waals surface area contributed by atoms with Gasteiger partial charge in [0, 0.05) is 47.3 Å². The molecule has 0 saturated heterocycles. The summed E-state index contributed by atoms with van der Waals surface area (Å²) >= 11 is 1.87. The van der Waals surface area contributed by atoms with Crippen LogP contribution in [0.1, 0.15) is 11.1 Å². The lowest BCUT2D eigenvalue weighted by Crippen LogP contribution is -2.04. The third-order valence-electron chi connectivity index (χ3n) is 8.45. The molecule has 0 amide bonds. The van der Waals surface area contributed by atoms with Gasteiger partial charge in [0.1, 0.15) is 0 Å². The van der Waals surface area contributed by atoms with Gasteiger partial charge in [-0.15, -0.1) is 11.3 Å². The SMILES string of the molecule is Cc1cc(C)cc(-c2nc(-n3c4ccccc4c4ccc5ccc6c7ccccc7sc6c5c43)nc3ccccc23)c1. The highest BCUT2D eigenvalue weighted by Crippen LogP contribution is 2.44. The van der Waals surface area contributed by atoms with Crippen LogP contribution >= 0.6 is 11.3 Å². The van der Waals surface area contributed by atoms with Gasteiger partial charge in [-0.05, 0) is 49.6 Å². The van der Waals surface area contributed by atoms with Crippen molar-refractivity contribution >= 4 is 75.0 Å². The van der Waals surface area contributed by atoms with E-state index in [2.05, 4.69) is 134 Å². The molecule has 0 bridgehead atoms. The van der Waals surface area contributed by atoms with Crippen molar-refractivity contribution < 1.29 is 0 Å². The number of benzene rings is 6. The molecule has 9 rings (SSSR count). The molecule has 3 nitrogen and oxygen atoms in total. The van der Waals surface area contributed by atoms with Crippen LogP contribution in [0.4, 0.5) is 0 Å². The first-order valence-electron chi connectivity index (χ1n) is 14.3. The zero-order valence-electron chi connectivity index (χ0n) is 23.2. The molecular formula is C38H25N3S. The van der Waals surface area contributed by atoms with Gasteiger partial charge in [-0.25, -0.2) is 9.97 Å². The van der Waals surface area contributed by atoms with Gasteiger partial charge in [-0.3, -0.25) is 4.57 Å². The second-order valence-electron chi connectivity index (χ2n) is 11.2. The largest absolute Gasteiger partial charge is 0.277 e. The highest BCUT2D eigenvalue weighted by molar-refractivity contribution is 7.26. The van der Waals surface area contributed by atoms with Crippen molar-refractivity contribution in [2.75, 3.05) is 0 Å². The number of hydrogen-bond donors (Lipinski definition) is 0. The van der Waals surface area contributed by atoms with Crippen molar-refractivity contribution in [3.8, 4) is 17.2 Å². The fraction of sp³-hybridized carbons (Fsp3) is 0.0526. The summed E-state index contributed by atoms with van der Waals surface area (Å²) in [6, 6.07) is 41.5. The maximum absolute atomic E-state index is 5.38. The zero-order valence-corrected chi connectivity index (χ0v) is 24.0. The summed E-state index contributed by atoms with van der Waals surface area (Å²) in [6.07, 6.45) is 0. The minimum atomic E-state index is 0.694. The Morgan fingerprint density at radius 1 is 0.595 bits per heavy atom. The van der Waals surface area contributed by atoms with Gasteiger partial charge < -0.3 is 0 Å². The van der Waals surface area contributed by atoms with Crippen molar-refractivity contribution in [2.45, 2.75) is 13.8 Å². The maximum Gasteiger partial charge on any atom is 0.235 e. The molecule has 0 aliphatic carbocycles. The van der Waals surface area contributed by atoms with Crippen molar-refractivity contribution in [3.63, 3.8) is 0 Å². The number of aryl methyl sites for hydroxylation is 2. The van der Waals surface area contributed by atoms with Crippen LogP contribution in [-0.2, 0) is 0 Å². The maximum atomic E-state index is 5.38. The molecule has 0 N–H and O–H groups in total. The summed E-state index contributed by atoms with van der Waals surface area (Å²) in [5, 5.41) is 8.56. The molecule has 9 aromatic rings. The third kappa shape index (κ3) is 3.33. The zero-order chi connectivity index (χ0) is 27.9. The van der Waals surface area contributed by atoms with E-state index in [1.165, 1.54) is 52.8 Å². The van der Waals surface area contributed by atoms with Crippen molar-refractivity contribution in [1.29, 1.82) is 0 Å². The number of rotatable bonds is 2. The normalized spacial score (nSPS) is 12.0. The fourth-order valence-corrected chi connectivity index (χ4v) is 8.00. The van der Waals surface area contributed by atoms with Crippen LogP contribution in [0.2, 0.25) is 0 Å². The summed E-state index contributed by atoms with van der Waals surface area (Å²) in [5.74, 6) is 0.694. The standard InChI is InChI=1S/C38H25N3S/c1-22-19-23(2)21-25(20-22)35-30-11-3-6-12-31(30)39-38(40-35)41-32-13-7-4-9-26(32)28-17-15-24-16-18-29-27-10-5-8-14-33(27)42-37(29)34(24)36(28)41/h3-21H,1-2H3. The van der Waals surface area contributed by atoms with Crippen molar-refractivity contribution in [2.24, 2.45) is 0 Å². The number of thiophene rings is 1. The number of fused-ring (bicyclic) bond motifs is 10. The van der Waals surface area contributed by atoms with E-state index in [0.29, 0.717) is 5.95 Å². The van der Waals surface area contributed by atoms with Crippen LogP contribution < -0.4 is 0 Å². The monoisotopic (exact) mass is 555 g/mol. The number of hydrogen-bond acceptors (Lipinski definition) is 3. The van der Waals surface area contributed by atoms with Crippen LogP contribution in [0.25, 0.3) is 80.9 Å². The molecule has 42 heavy (non-hydrogen) atoms. The molecule has 3 heterocycles. The van der Waals surface area contributed by atoms with Gasteiger partial charge in [-0.1, -0.05) is 96.1 Å². The van der Waals surface area contributed by atoms with Gasteiger partial charge in [0.05, 0.1) is 22.2 Å². The second kappa shape index (κ2) is 8.72. The first kappa shape index (κ1) is 23.6. The van der Waals surface area contributed by atoms with Crippen LogP contribution in [0, 0.1) is 13.8 Å². The molecule has 0 spiro atoms. The summed E-state index contributed by atoms with van der Waals surface area (Å²) in [7, 11) is 0. The smallest absolute Gasteiger partial charge is 0.235 e. The average molecular weight is 556 g/mol.